The summed E-state index contributed by atoms with van der Waals surface area (Å²) in [4.78, 5) is 0.260. The minimum atomic E-state index is -3.38. The van der Waals surface area contributed by atoms with Gasteiger partial charge in [0, 0.05) is 6.04 Å². The number of nitrogens with one attached hydrogen (secondary N) is 1. The Morgan fingerprint density at radius 1 is 1.26 bits per heavy atom. The lowest BCUT2D eigenvalue weighted by molar-refractivity contribution is 0.319. The van der Waals surface area contributed by atoms with Gasteiger partial charge in [0.15, 0.2) is 9.84 Å². The minimum Gasteiger partial charge on any atom is -0.316 e. The maximum Gasteiger partial charge on any atom is 0.184 e. The minimum absolute atomic E-state index is 0.0115. The second-order valence-corrected chi connectivity index (χ2v) is 7.87. The van der Waals surface area contributed by atoms with Crippen molar-refractivity contribution in [2.45, 2.75) is 42.4 Å². The van der Waals surface area contributed by atoms with Gasteiger partial charge in [-0.2, -0.15) is 0 Å². The number of hydrogen-bond acceptors (Lipinski definition) is 3. The summed E-state index contributed by atoms with van der Waals surface area (Å²) >= 11 is 6.06. The summed E-state index contributed by atoms with van der Waals surface area (Å²) in [5.41, 5.74) is 0. The molecule has 3 atom stereocenters. The molecule has 0 aliphatic heterocycles. The molecule has 0 saturated heterocycles. The van der Waals surface area contributed by atoms with Gasteiger partial charge in [-0.05, 0) is 44.4 Å². The van der Waals surface area contributed by atoms with Gasteiger partial charge in [0.05, 0.1) is 15.2 Å². The van der Waals surface area contributed by atoms with Crippen molar-refractivity contribution >= 4 is 21.4 Å². The van der Waals surface area contributed by atoms with Crippen molar-refractivity contribution in [1.29, 1.82) is 0 Å². The van der Waals surface area contributed by atoms with Gasteiger partial charge >= 0.3 is 0 Å². The first-order valence-electron chi connectivity index (χ1n) is 6.62. The Hall–Kier alpha value is -0.580. The Morgan fingerprint density at radius 3 is 2.58 bits per heavy atom. The molecular weight excluding hydrogens is 282 g/mol. The molecule has 1 saturated carbocycles. The van der Waals surface area contributed by atoms with Crippen molar-refractivity contribution in [1.82, 2.24) is 5.32 Å². The van der Waals surface area contributed by atoms with E-state index < -0.39 is 9.84 Å². The molecular formula is C14H20ClNO2S. The highest BCUT2D eigenvalue weighted by atomic mass is 35.5. The normalized spacial score (nSPS) is 28.3. The van der Waals surface area contributed by atoms with E-state index in [4.69, 9.17) is 11.6 Å². The molecule has 0 heterocycles. The van der Waals surface area contributed by atoms with Crippen molar-refractivity contribution in [2.24, 2.45) is 5.92 Å². The van der Waals surface area contributed by atoms with Crippen LogP contribution < -0.4 is 5.32 Å². The van der Waals surface area contributed by atoms with Crippen molar-refractivity contribution in [2.75, 3.05) is 7.05 Å². The Bertz CT molecular complexity index is 544. The fourth-order valence-corrected chi connectivity index (χ4v) is 5.52. The first kappa shape index (κ1) is 14.8. The Kier molecular flexibility index (Phi) is 4.54. The molecule has 3 unspecified atom stereocenters. The predicted octanol–water partition coefficient (Wildman–Crippen LogP) is 2.89. The monoisotopic (exact) mass is 301 g/mol. The van der Waals surface area contributed by atoms with Crippen molar-refractivity contribution < 1.29 is 8.42 Å². The lowest BCUT2D eigenvalue weighted by Gasteiger charge is -2.34. The molecule has 5 heteroatoms. The van der Waals surface area contributed by atoms with E-state index in [1.165, 1.54) is 0 Å². The van der Waals surface area contributed by atoms with Gasteiger partial charge < -0.3 is 5.32 Å². The van der Waals surface area contributed by atoms with Gasteiger partial charge in [0.1, 0.15) is 0 Å². The van der Waals surface area contributed by atoms with Crippen molar-refractivity contribution in [3.05, 3.63) is 29.3 Å². The molecule has 0 spiro atoms. The third-order valence-electron chi connectivity index (χ3n) is 3.97. The fraction of sp³-hybridized carbons (Fsp3) is 0.571. The zero-order valence-corrected chi connectivity index (χ0v) is 12.8. The molecule has 1 aromatic carbocycles. The molecule has 106 valence electrons. The molecule has 0 bridgehead atoms. The number of rotatable bonds is 3. The SMILES string of the molecule is CNC1CCC(C)CC1S(=O)(=O)c1ccccc1Cl. The van der Waals surface area contributed by atoms with Gasteiger partial charge in [-0.25, -0.2) is 8.42 Å². The van der Waals surface area contributed by atoms with Crippen LogP contribution in [0.15, 0.2) is 29.2 Å². The average molecular weight is 302 g/mol. The Balaban J connectivity index is 2.40. The second-order valence-electron chi connectivity index (χ2n) is 5.33. The summed E-state index contributed by atoms with van der Waals surface area (Å²) in [5, 5.41) is 3.08. The maximum atomic E-state index is 12.8. The van der Waals surface area contributed by atoms with Crippen LogP contribution in [0.2, 0.25) is 5.02 Å². The lowest BCUT2D eigenvalue weighted by Crippen LogP contribution is -2.46. The molecule has 1 aliphatic carbocycles. The molecule has 0 radical (unpaired) electrons. The van der Waals surface area contributed by atoms with Crippen LogP contribution in [-0.2, 0) is 9.84 Å². The number of sulfone groups is 1. The number of halogens is 1. The highest BCUT2D eigenvalue weighted by molar-refractivity contribution is 7.92. The smallest absolute Gasteiger partial charge is 0.184 e. The molecule has 0 amide bonds. The van der Waals surface area contributed by atoms with Gasteiger partial charge in [-0.1, -0.05) is 30.7 Å². The van der Waals surface area contributed by atoms with Gasteiger partial charge in [0.25, 0.3) is 0 Å². The lowest BCUT2D eigenvalue weighted by atomic mass is 9.87. The van der Waals surface area contributed by atoms with Crippen LogP contribution in [0.1, 0.15) is 26.2 Å². The first-order valence-corrected chi connectivity index (χ1v) is 8.55. The third kappa shape index (κ3) is 2.96. The second kappa shape index (κ2) is 5.81. The molecule has 1 N–H and O–H groups in total. The largest absolute Gasteiger partial charge is 0.316 e. The predicted molar refractivity (Wildman–Crippen MR) is 78.3 cm³/mol. The first-order chi connectivity index (χ1) is 8.96. The summed E-state index contributed by atoms with van der Waals surface area (Å²) in [5.74, 6) is 0.437. The maximum absolute atomic E-state index is 12.8. The van der Waals surface area contributed by atoms with E-state index in [2.05, 4.69) is 12.2 Å². The van der Waals surface area contributed by atoms with E-state index in [0.29, 0.717) is 17.4 Å². The molecule has 0 aromatic heterocycles. The van der Waals surface area contributed by atoms with E-state index in [1.54, 1.807) is 24.3 Å². The molecule has 19 heavy (non-hydrogen) atoms. The molecule has 3 nitrogen and oxygen atoms in total. The molecule has 2 rings (SSSR count). The van der Waals surface area contributed by atoms with Gasteiger partial charge in [-0.15, -0.1) is 0 Å². The van der Waals surface area contributed by atoms with Crippen LogP contribution in [0.25, 0.3) is 0 Å². The zero-order chi connectivity index (χ0) is 14.0. The quantitative estimate of drug-likeness (QED) is 0.934. The van der Waals surface area contributed by atoms with E-state index in [1.807, 2.05) is 7.05 Å². The summed E-state index contributed by atoms with van der Waals surface area (Å²) in [6, 6.07) is 6.72. The fourth-order valence-electron chi connectivity index (χ4n) is 2.84. The van der Waals surface area contributed by atoms with Crippen LogP contribution in [-0.4, -0.2) is 26.8 Å². The Morgan fingerprint density at radius 2 is 1.95 bits per heavy atom. The van der Waals surface area contributed by atoms with Crippen LogP contribution in [0.5, 0.6) is 0 Å². The standard InChI is InChI=1S/C14H20ClNO2S/c1-10-7-8-12(16-2)14(9-10)19(17,18)13-6-4-3-5-11(13)15/h3-6,10,12,14,16H,7-9H2,1-2H3. The van der Waals surface area contributed by atoms with E-state index in [9.17, 15) is 8.42 Å². The zero-order valence-electron chi connectivity index (χ0n) is 11.3. The molecule has 1 aromatic rings. The van der Waals surface area contributed by atoms with Gasteiger partial charge in [-0.3, -0.25) is 0 Å². The van der Waals surface area contributed by atoms with E-state index >= 15 is 0 Å². The summed E-state index contributed by atoms with van der Waals surface area (Å²) in [7, 11) is -1.55. The van der Waals surface area contributed by atoms with Crippen LogP contribution >= 0.6 is 11.6 Å². The number of benzene rings is 1. The van der Waals surface area contributed by atoms with Crippen molar-refractivity contribution in [3.8, 4) is 0 Å². The highest BCUT2D eigenvalue weighted by Gasteiger charge is 2.38. The van der Waals surface area contributed by atoms with E-state index in [0.717, 1.165) is 12.8 Å². The van der Waals surface area contributed by atoms with Gasteiger partial charge in [0.2, 0.25) is 0 Å². The summed E-state index contributed by atoms with van der Waals surface area (Å²) in [6.07, 6.45) is 2.66. The van der Waals surface area contributed by atoms with Crippen molar-refractivity contribution in [3.63, 3.8) is 0 Å². The number of hydrogen-bond donors (Lipinski definition) is 1. The van der Waals surface area contributed by atoms with Crippen LogP contribution in [0.3, 0.4) is 0 Å². The summed E-state index contributed by atoms with van der Waals surface area (Å²) < 4.78 is 25.6. The molecule has 1 fully saturated rings. The topological polar surface area (TPSA) is 46.2 Å². The highest BCUT2D eigenvalue weighted by Crippen LogP contribution is 2.34. The van der Waals surface area contributed by atoms with Crippen LogP contribution in [0.4, 0.5) is 0 Å². The average Bonchev–Trinajstić information content (AvgIpc) is 2.39. The van der Waals surface area contributed by atoms with Crippen LogP contribution in [0, 0.1) is 5.92 Å². The Labute approximate surface area is 120 Å². The third-order valence-corrected chi connectivity index (χ3v) is 6.70. The summed E-state index contributed by atoms with van der Waals surface area (Å²) in [6.45, 7) is 2.11. The molecule has 1 aliphatic rings. The van der Waals surface area contributed by atoms with E-state index in [-0.39, 0.29) is 16.2 Å².